The number of rotatable bonds is 4. The zero-order valence-electron chi connectivity index (χ0n) is 16.7. The topological polar surface area (TPSA) is 65.7 Å². The summed E-state index contributed by atoms with van der Waals surface area (Å²) in [6.45, 7) is 6.99. The van der Waals surface area contributed by atoms with Crippen LogP contribution in [-0.4, -0.2) is 70.7 Å². The maximum Gasteiger partial charge on any atom is 0.324 e. The minimum absolute atomic E-state index is 0.298. The smallest absolute Gasteiger partial charge is 0.324 e. The number of piperidine rings is 3. The van der Waals surface area contributed by atoms with E-state index in [4.69, 9.17) is 4.52 Å². The number of carbonyl (C=O) groups excluding carboxylic acids is 1. The van der Waals surface area contributed by atoms with Crippen molar-refractivity contribution >= 4 is 11.9 Å². The van der Waals surface area contributed by atoms with Crippen LogP contribution in [0.2, 0.25) is 0 Å². The molecule has 7 nitrogen and oxygen atoms in total. The third kappa shape index (κ3) is 2.85. The van der Waals surface area contributed by atoms with Gasteiger partial charge in [0.05, 0.1) is 0 Å². The molecule has 1 saturated carbocycles. The molecule has 2 unspecified atom stereocenters. The molecule has 5 rings (SSSR count). The van der Waals surface area contributed by atoms with E-state index in [1.807, 2.05) is 18.9 Å². The van der Waals surface area contributed by atoms with Gasteiger partial charge in [0, 0.05) is 50.7 Å². The standard InChI is InChI=1S/C20H31N5O2/c1-4-23(3)19(26)18-16-10-24(11-17(16)18)15-8-13-6-5-7-14(9-15)25(13)20-21-12(2)22-27-20/h13-18H,4-11H2,1-3H3/t13?,14?,15?,16-,17+,18-. The second kappa shape index (κ2) is 6.47. The van der Waals surface area contributed by atoms with E-state index in [0.717, 1.165) is 31.5 Å². The minimum Gasteiger partial charge on any atom is -0.346 e. The molecule has 1 amide bonds. The van der Waals surface area contributed by atoms with Crippen molar-refractivity contribution in [2.45, 2.75) is 64.1 Å². The van der Waals surface area contributed by atoms with Crippen molar-refractivity contribution < 1.29 is 9.32 Å². The Hall–Kier alpha value is -1.63. The Morgan fingerprint density at radius 2 is 1.85 bits per heavy atom. The van der Waals surface area contributed by atoms with Gasteiger partial charge in [0.1, 0.15) is 0 Å². The van der Waals surface area contributed by atoms with Gasteiger partial charge in [-0.15, -0.1) is 0 Å². The predicted molar refractivity (Wildman–Crippen MR) is 101 cm³/mol. The molecule has 0 N–H and O–H groups in total. The highest BCUT2D eigenvalue weighted by Gasteiger charge is 2.61. The van der Waals surface area contributed by atoms with Crippen LogP contribution in [0.4, 0.5) is 6.01 Å². The van der Waals surface area contributed by atoms with E-state index < -0.39 is 0 Å². The molecule has 2 bridgehead atoms. The molecule has 0 aromatic carbocycles. The van der Waals surface area contributed by atoms with Crippen LogP contribution in [0.25, 0.3) is 0 Å². The molecule has 148 valence electrons. The summed E-state index contributed by atoms with van der Waals surface area (Å²) in [6, 6.07) is 2.40. The van der Waals surface area contributed by atoms with Crippen LogP contribution in [0.5, 0.6) is 0 Å². The highest BCUT2D eigenvalue weighted by atomic mass is 16.5. The SMILES string of the molecule is CCN(C)C(=O)[C@@H]1[C@@H]2CN(C3CC4CCCC(C3)N4c3nc(C)no3)C[C@@H]21. The lowest BCUT2D eigenvalue weighted by atomic mass is 9.81. The molecule has 4 aliphatic rings. The van der Waals surface area contributed by atoms with Gasteiger partial charge in [-0.1, -0.05) is 5.16 Å². The van der Waals surface area contributed by atoms with Crippen molar-refractivity contribution in [3.63, 3.8) is 0 Å². The fourth-order valence-electron chi connectivity index (χ4n) is 5.99. The maximum absolute atomic E-state index is 12.5. The average Bonchev–Trinajstić information content (AvgIpc) is 2.98. The van der Waals surface area contributed by atoms with Crippen LogP contribution >= 0.6 is 0 Å². The number of hydrogen-bond donors (Lipinski definition) is 0. The van der Waals surface area contributed by atoms with Crippen molar-refractivity contribution in [1.29, 1.82) is 0 Å². The third-order valence-electron chi connectivity index (χ3n) is 7.56. The monoisotopic (exact) mass is 373 g/mol. The summed E-state index contributed by atoms with van der Waals surface area (Å²) in [4.78, 5) is 24.0. The van der Waals surface area contributed by atoms with Gasteiger partial charge in [-0.2, -0.15) is 4.98 Å². The van der Waals surface area contributed by atoms with Crippen molar-refractivity contribution in [3.05, 3.63) is 5.82 Å². The molecule has 4 heterocycles. The Morgan fingerprint density at radius 1 is 1.19 bits per heavy atom. The van der Waals surface area contributed by atoms with Crippen LogP contribution in [0, 0.1) is 24.7 Å². The van der Waals surface area contributed by atoms with E-state index in [9.17, 15) is 4.79 Å². The van der Waals surface area contributed by atoms with Gasteiger partial charge < -0.3 is 14.3 Å². The van der Waals surface area contributed by atoms with Crippen LogP contribution in [-0.2, 0) is 4.79 Å². The van der Waals surface area contributed by atoms with Gasteiger partial charge in [0.25, 0.3) is 0 Å². The Bertz CT molecular complexity index is 695. The molecule has 5 atom stereocenters. The first kappa shape index (κ1) is 17.5. The van der Waals surface area contributed by atoms with E-state index >= 15 is 0 Å². The van der Waals surface area contributed by atoms with Crippen molar-refractivity contribution in [2.24, 2.45) is 17.8 Å². The lowest BCUT2D eigenvalue weighted by Crippen LogP contribution is -2.57. The first-order valence-electron chi connectivity index (χ1n) is 10.6. The summed E-state index contributed by atoms with van der Waals surface area (Å²) in [5.74, 6) is 2.58. The highest BCUT2D eigenvalue weighted by molar-refractivity contribution is 5.82. The summed E-state index contributed by atoms with van der Waals surface area (Å²) >= 11 is 0. The Morgan fingerprint density at radius 3 is 2.41 bits per heavy atom. The van der Waals surface area contributed by atoms with E-state index in [2.05, 4.69) is 26.9 Å². The van der Waals surface area contributed by atoms with E-state index in [0.29, 0.717) is 41.8 Å². The summed E-state index contributed by atoms with van der Waals surface area (Å²) < 4.78 is 5.51. The number of nitrogens with zero attached hydrogens (tertiary/aromatic N) is 5. The molecule has 1 aromatic heterocycles. The molecule has 0 radical (unpaired) electrons. The Balaban J connectivity index is 1.23. The van der Waals surface area contributed by atoms with Crippen molar-refractivity contribution in [2.75, 3.05) is 31.6 Å². The second-order valence-electron chi connectivity index (χ2n) is 9.06. The number of aromatic nitrogens is 2. The summed E-state index contributed by atoms with van der Waals surface area (Å²) in [7, 11) is 1.93. The lowest BCUT2D eigenvalue weighted by Gasteiger charge is -2.50. The zero-order valence-corrected chi connectivity index (χ0v) is 16.7. The average molecular weight is 374 g/mol. The second-order valence-corrected chi connectivity index (χ2v) is 9.06. The first-order chi connectivity index (χ1) is 13.1. The van der Waals surface area contributed by atoms with Crippen LogP contribution < -0.4 is 4.90 Å². The van der Waals surface area contributed by atoms with Crippen LogP contribution in [0.15, 0.2) is 4.52 Å². The Kier molecular flexibility index (Phi) is 4.18. The first-order valence-corrected chi connectivity index (χ1v) is 10.6. The van der Waals surface area contributed by atoms with Crippen LogP contribution in [0.1, 0.15) is 44.9 Å². The third-order valence-corrected chi connectivity index (χ3v) is 7.56. The van der Waals surface area contributed by atoms with Gasteiger partial charge in [0.15, 0.2) is 5.82 Å². The molecular weight excluding hydrogens is 342 g/mol. The van der Waals surface area contributed by atoms with Crippen molar-refractivity contribution in [3.8, 4) is 0 Å². The van der Waals surface area contributed by atoms with Gasteiger partial charge in [0.2, 0.25) is 5.91 Å². The number of carbonyl (C=O) groups is 1. The van der Waals surface area contributed by atoms with Crippen LogP contribution in [0.3, 0.4) is 0 Å². The van der Waals surface area contributed by atoms with Gasteiger partial charge >= 0.3 is 6.01 Å². The lowest BCUT2D eigenvalue weighted by molar-refractivity contribution is -0.132. The van der Waals surface area contributed by atoms with E-state index in [1.165, 1.54) is 32.1 Å². The number of anilines is 1. The maximum atomic E-state index is 12.5. The molecule has 3 saturated heterocycles. The molecule has 7 heteroatoms. The number of amides is 1. The minimum atomic E-state index is 0.298. The fraction of sp³-hybridized carbons (Fsp3) is 0.850. The zero-order chi connectivity index (χ0) is 18.7. The molecule has 27 heavy (non-hydrogen) atoms. The summed E-state index contributed by atoms with van der Waals surface area (Å²) in [5, 5.41) is 4.00. The summed E-state index contributed by atoms with van der Waals surface area (Å²) in [6.07, 6.45) is 6.11. The van der Waals surface area contributed by atoms with Gasteiger partial charge in [-0.25, -0.2) is 0 Å². The molecule has 4 fully saturated rings. The number of hydrogen-bond acceptors (Lipinski definition) is 6. The quantitative estimate of drug-likeness (QED) is 0.803. The largest absolute Gasteiger partial charge is 0.346 e. The highest BCUT2D eigenvalue weighted by Crippen LogP contribution is 2.54. The number of likely N-dealkylation sites (tertiary alicyclic amines) is 1. The molecule has 3 aliphatic heterocycles. The number of fused-ring (bicyclic) bond motifs is 3. The molecule has 1 aliphatic carbocycles. The predicted octanol–water partition coefficient (Wildman–Crippen LogP) is 1.92. The number of aryl methyl sites for hydroxylation is 1. The molecule has 0 spiro atoms. The fourth-order valence-corrected chi connectivity index (χ4v) is 5.99. The Labute approximate surface area is 161 Å². The van der Waals surface area contributed by atoms with Gasteiger partial charge in [-0.3, -0.25) is 9.69 Å². The molecular formula is C20H31N5O2. The van der Waals surface area contributed by atoms with E-state index in [-0.39, 0.29) is 0 Å². The normalized spacial score (nSPS) is 38.0. The van der Waals surface area contributed by atoms with E-state index in [1.54, 1.807) is 0 Å². The van der Waals surface area contributed by atoms with Crippen molar-refractivity contribution in [1.82, 2.24) is 19.9 Å². The van der Waals surface area contributed by atoms with Gasteiger partial charge in [-0.05, 0) is 57.8 Å². The summed E-state index contributed by atoms with van der Waals surface area (Å²) in [5.41, 5.74) is 0. The molecule has 1 aromatic rings.